The van der Waals surface area contributed by atoms with Crippen molar-refractivity contribution in [1.29, 1.82) is 0 Å². The lowest BCUT2D eigenvalue weighted by molar-refractivity contribution is -0.155. The molecule has 0 radical (unpaired) electrons. The van der Waals surface area contributed by atoms with Crippen molar-refractivity contribution in [3.8, 4) is 0 Å². The molecule has 1 saturated carbocycles. The Morgan fingerprint density at radius 1 is 1.17 bits per heavy atom. The lowest BCUT2D eigenvalue weighted by Gasteiger charge is -2.35. The van der Waals surface area contributed by atoms with Crippen LogP contribution in [0.3, 0.4) is 0 Å². The molecule has 0 atom stereocenters. The summed E-state index contributed by atoms with van der Waals surface area (Å²) in [5.74, 6) is -1.58. The maximum Gasteiger partial charge on any atom is 0.327 e. The highest BCUT2D eigenvalue weighted by atomic mass is 35.5. The van der Waals surface area contributed by atoms with Gasteiger partial charge in [0.15, 0.2) is 6.61 Å². The third kappa shape index (κ3) is 4.46. The van der Waals surface area contributed by atoms with Gasteiger partial charge >= 0.3 is 5.97 Å². The fraction of sp³-hybridized carbons (Fsp3) is 0.467. The van der Waals surface area contributed by atoms with Gasteiger partial charge in [-0.3, -0.25) is 9.59 Å². The lowest BCUT2D eigenvalue weighted by Crippen LogP contribution is -2.56. The smallest absolute Gasteiger partial charge is 0.327 e. The van der Waals surface area contributed by atoms with Crippen LogP contribution in [0.4, 0.5) is 0 Å². The number of halogens is 1. The maximum absolute atomic E-state index is 12.6. The number of primary amides is 1. The van der Waals surface area contributed by atoms with Crippen molar-refractivity contribution >= 4 is 33.5 Å². The van der Waals surface area contributed by atoms with Crippen LogP contribution in [0.2, 0.25) is 5.02 Å². The van der Waals surface area contributed by atoms with Gasteiger partial charge in [-0.2, -0.15) is 4.72 Å². The van der Waals surface area contributed by atoms with Crippen LogP contribution < -0.4 is 10.5 Å². The minimum Gasteiger partial charge on any atom is -0.454 e. The first-order valence-corrected chi connectivity index (χ1v) is 9.36. The lowest BCUT2D eigenvalue weighted by atomic mass is 9.82. The third-order valence-corrected chi connectivity index (χ3v) is 5.70. The molecule has 1 aliphatic rings. The summed E-state index contributed by atoms with van der Waals surface area (Å²) < 4.78 is 32.6. The normalized spacial score (nSPS) is 17.2. The van der Waals surface area contributed by atoms with E-state index in [1.807, 2.05) is 0 Å². The number of ether oxygens (including phenoxy) is 1. The van der Waals surface area contributed by atoms with Crippen LogP contribution in [0, 0.1) is 0 Å². The third-order valence-electron chi connectivity index (χ3n) is 3.90. The number of esters is 1. The number of rotatable bonds is 6. The Morgan fingerprint density at radius 3 is 2.29 bits per heavy atom. The van der Waals surface area contributed by atoms with Gasteiger partial charge in [0, 0.05) is 5.02 Å². The summed E-state index contributed by atoms with van der Waals surface area (Å²) >= 11 is 5.77. The topological polar surface area (TPSA) is 116 Å². The van der Waals surface area contributed by atoms with Crippen LogP contribution in [0.5, 0.6) is 0 Å². The molecule has 9 heteroatoms. The Hall–Kier alpha value is -1.64. The summed E-state index contributed by atoms with van der Waals surface area (Å²) in [7, 11) is -3.94. The van der Waals surface area contributed by atoms with Crippen molar-refractivity contribution < 1.29 is 22.7 Å². The molecule has 0 aliphatic heterocycles. The number of nitrogens with one attached hydrogen (secondary N) is 1. The molecule has 0 heterocycles. The Balaban J connectivity index is 2.26. The van der Waals surface area contributed by atoms with Gasteiger partial charge in [0.05, 0.1) is 4.90 Å². The molecule has 7 nitrogen and oxygen atoms in total. The van der Waals surface area contributed by atoms with Gasteiger partial charge in [-0.1, -0.05) is 30.9 Å². The SMILES string of the molecule is NC(=O)COC(=O)C1(NS(=O)(=O)c2ccc(Cl)cc2)CCCCC1. The molecule has 0 saturated heterocycles. The predicted octanol–water partition coefficient (Wildman–Crippen LogP) is 1.35. The van der Waals surface area contributed by atoms with Crippen LogP contribution in [0.1, 0.15) is 32.1 Å². The van der Waals surface area contributed by atoms with Gasteiger partial charge < -0.3 is 10.5 Å². The van der Waals surface area contributed by atoms with Gasteiger partial charge in [0.25, 0.3) is 5.91 Å². The van der Waals surface area contributed by atoms with Crippen LogP contribution in [0.15, 0.2) is 29.2 Å². The maximum atomic E-state index is 12.6. The first-order valence-electron chi connectivity index (χ1n) is 7.50. The monoisotopic (exact) mass is 374 g/mol. The van der Waals surface area contributed by atoms with E-state index in [4.69, 9.17) is 22.1 Å². The number of amides is 1. The number of carbonyl (C=O) groups excluding carboxylic acids is 2. The highest BCUT2D eigenvalue weighted by molar-refractivity contribution is 7.89. The molecule has 3 N–H and O–H groups in total. The standard InChI is InChI=1S/C15H19ClN2O5S/c16-11-4-6-12(7-5-11)24(21,22)18-15(8-2-1-3-9-15)14(20)23-10-13(17)19/h4-7,18H,1-3,8-10H2,(H2,17,19). The molecule has 1 aromatic carbocycles. The van der Waals surface area contributed by atoms with Crippen molar-refractivity contribution in [1.82, 2.24) is 4.72 Å². The Kier molecular flexibility index (Phi) is 5.84. The van der Waals surface area contributed by atoms with Crippen LogP contribution >= 0.6 is 11.6 Å². The molecule has 0 bridgehead atoms. The van der Waals surface area contributed by atoms with Gasteiger partial charge in [-0.15, -0.1) is 0 Å². The predicted molar refractivity (Wildman–Crippen MR) is 87.7 cm³/mol. The van der Waals surface area contributed by atoms with Crippen molar-refractivity contribution in [2.75, 3.05) is 6.61 Å². The van der Waals surface area contributed by atoms with Crippen molar-refractivity contribution in [2.24, 2.45) is 5.73 Å². The highest BCUT2D eigenvalue weighted by Gasteiger charge is 2.44. The average molecular weight is 375 g/mol. The Labute approximate surface area is 145 Å². The number of hydrogen-bond donors (Lipinski definition) is 2. The van der Waals surface area contributed by atoms with Gasteiger partial charge in [-0.05, 0) is 37.1 Å². The molecule has 0 spiro atoms. The second-order valence-electron chi connectivity index (χ2n) is 5.74. The molecule has 1 aromatic rings. The Morgan fingerprint density at radius 2 is 1.75 bits per heavy atom. The number of hydrogen-bond acceptors (Lipinski definition) is 5. The second kappa shape index (κ2) is 7.50. The fourth-order valence-corrected chi connectivity index (χ4v) is 4.25. The fourth-order valence-electron chi connectivity index (χ4n) is 2.71. The van der Waals surface area contributed by atoms with Crippen molar-refractivity contribution in [3.05, 3.63) is 29.3 Å². The van der Waals surface area contributed by atoms with Gasteiger partial charge in [-0.25, -0.2) is 8.42 Å². The minimum absolute atomic E-state index is 0.000417. The quantitative estimate of drug-likeness (QED) is 0.729. The summed E-state index contributed by atoms with van der Waals surface area (Å²) in [6.45, 7) is -0.580. The zero-order valence-electron chi connectivity index (χ0n) is 13.0. The van der Waals surface area contributed by atoms with E-state index < -0.39 is 34.0 Å². The first-order chi connectivity index (χ1) is 11.3. The van der Waals surface area contributed by atoms with E-state index >= 15 is 0 Å². The number of sulfonamides is 1. The molecule has 2 rings (SSSR count). The molecule has 0 aromatic heterocycles. The van der Waals surface area contributed by atoms with E-state index in [1.165, 1.54) is 24.3 Å². The zero-order chi connectivity index (χ0) is 17.8. The summed E-state index contributed by atoms with van der Waals surface area (Å²) in [4.78, 5) is 23.2. The molecular formula is C15H19ClN2O5S. The number of nitrogens with two attached hydrogens (primary N) is 1. The molecule has 132 valence electrons. The average Bonchev–Trinajstić information content (AvgIpc) is 2.53. The van der Waals surface area contributed by atoms with E-state index in [0.717, 1.165) is 6.42 Å². The van der Waals surface area contributed by atoms with Crippen molar-refractivity contribution in [3.63, 3.8) is 0 Å². The number of carbonyl (C=O) groups is 2. The first kappa shape index (κ1) is 18.7. The summed E-state index contributed by atoms with van der Waals surface area (Å²) in [6.07, 6.45) is 2.85. The van der Waals surface area contributed by atoms with Crippen molar-refractivity contribution in [2.45, 2.75) is 42.5 Å². The highest BCUT2D eigenvalue weighted by Crippen LogP contribution is 2.31. The summed E-state index contributed by atoms with van der Waals surface area (Å²) in [5.41, 5.74) is 3.60. The summed E-state index contributed by atoms with van der Waals surface area (Å²) in [5, 5.41) is 0.405. The largest absolute Gasteiger partial charge is 0.454 e. The van der Waals surface area contributed by atoms with Gasteiger partial charge in [0.2, 0.25) is 10.0 Å². The number of benzene rings is 1. The Bertz CT molecular complexity index is 712. The molecule has 1 aliphatic carbocycles. The molecule has 1 fully saturated rings. The molecule has 1 amide bonds. The van der Waals surface area contributed by atoms with Crippen LogP contribution in [0.25, 0.3) is 0 Å². The van der Waals surface area contributed by atoms with E-state index in [2.05, 4.69) is 4.72 Å². The van der Waals surface area contributed by atoms with Crippen LogP contribution in [-0.4, -0.2) is 32.4 Å². The van der Waals surface area contributed by atoms with Crippen LogP contribution in [-0.2, 0) is 24.3 Å². The van der Waals surface area contributed by atoms with E-state index in [9.17, 15) is 18.0 Å². The van der Waals surface area contributed by atoms with E-state index in [0.29, 0.717) is 30.7 Å². The second-order valence-corrected chi connectivity index (χ2v) is 7.86. The minimum atomic E-state index is -3.94. The summed E-state index contributed by atoms with van der Waals surface area (Å²) in [6, 6.07) is 5.62. The van der Waals surface area contributed by atoms with Gasteiger partial charge in [0.1, 0.15) is 5.54 Å². The van der Waals surface area contributed by atoms with E-state index in [-0.39, 0.29) is 4.90 Å². The zero-order valence-corrected chi connectivity index (χ0v) is 14.5. The molecule has 0 unspecified atom stereocenters. The van der Waals surface area contributed by atoms with E-state index in [1.54, 1.807) is 0 Å². The molecule has 24 heavy (non-hydrogen) atoms. The molecular weight excluding hydrogens is 356 g/mol.